The van der Waals surface area contributed by atoms with Gasteiger partial charge in [0.15, 0.2) is 37.6 Å². The largest absolute Gasteiger partial charge is 0.458 e. The number of para-hydroxylation sites is 1. The number of rotatable bonds is 17. The molecule has 11 aliphatic rings. The van der Waals surface area contributed by atoms with E-state index in [2.05, 4.69) is 46.0 Å². The van der Waals surface area contributed by atoms with Crippen LogP contribution in [0, 0.1) is 50.2 Å². The summed E-state index contributed by atoms with van der Waals surface area (Å²) in [5, 5.41) is 181. The minimum absolute atomic E-state index is 0.0341. The number of aliphatic hydroxyl groups is 16. The molecule has 107 heavy (non-hydrogen) atoms. The van der Waals surface area contributed by atoms with Crippen LogP contribution in [0.4, 0.5) is 5.69 Å². The summed E-state index contributed by atoms with van der Waals surface area (Å²) in [6.07, 6.45) is -43.4. The van der Waals surface area contributed by atoms with Crippen molar-refractivity contribution >= 4 is 23.5 Å². The molecule has 6 saturated heterocycles. The molecule has 34 heteroatoms. The van der Waals surface area contributed by atoms with Gasteiger partial charge in [-0.25, -0.2) is 4.79 Å². The number of anilines is 1. The van der Waals surface area contributed by atoms with E-state index in [4.69, 9.17) is 67.3 Å². The highest BCUT2D eigenvalue weighted by atomic mass is 16.8. The van der Waals surface area contributed by atoms with Crippen LogP contribution in [0.15, 0.2) is 35.9 Å². The standard InChI is InChI=1S/C73H112N2O32/c1-28-45(81)51(87)58(105-63-55(91)47(83)36(79)26-96-63)65(98-28)97-27-38-49(85)50(86)44(75-30(3)77)61(101-38)103-42-18-19-70(8)39(69(42,6)7)17-20-71(9)40(70)16-15-32-33-21-68(4,5)43(102-60(93)31-13-11-12-14-34(31)74)23-73(33,41(80)22-72(32,71)10)67(94)107-66-59(52(88)48(84)37(24-76)100-66)106-64-56(92)53(89)57(29(2)99-64)104-62-54(90)46(82)35(78)25-95-62/h11-15,28-29,33,35-59,61-66,76,78-92H,16-27,74H2,1-10H3,(H,75,77). The second-order valence-electron chi connectivity index (χ2n) is 33.8. The van der Waals surface area contributed by atoms with E-state index in [9.17, 15) is 91.3 Å². The van der Waals surface area contributed by atoms with Crippen LogP contribution >= 0.6 is 0 Å². The Labute approximate surface area is 619 Å². The molecule has 10 fully saturated rings. The minimum Gasteiger partial charge on any atom is -0.458 e. The number of nitrogens with one attached hydrogen (secondary N) is 1. The molecule has 4 saturated carbocycles. The van der Waals surface area contributed by atoms with E-state index in [1.54, 1.807) is 12.1 Å². The molecule has 6 heterocycles. The van der Waals surface area contributed by atoms with Gasteiger partial charge in [-0.05, 0) is 110 Å². The number of nitrogen functional groups attached to an aromatic ring is 1. The van der Waals surface area contributed by atoms with Crippen LogP contribution in [-0.4, -0.2) is 316 Å². The zero-order valence-electron chi connectivity index (χ0n) is 61.8. The van der Waals surface area contributed by atoms with Gasteiger partial charge >= 0.3 is 11.9 Å². The molecule has 6 aliphatic heterocycles. The normalized spacial score (nSPS) is 50.3. The predicted octanol–water partition coefficient (Wildman–Crippen LogP) is -3.52. The zero-order chi connectivity index (χ0) is 78.0. The Morgan fingerprint density at radius 1 is 0.561 bits per heavy atom. The van der Waals surface area contributed by atoms with Crippen LogP contribution in [-0.2, 0) is 71.2 Å². The van der Waals surface area contributed by atoms with E-state index >= 15 is 4.79 Å². The van der Waals surface area contributed by atoms with Gasteiger partial charge in [0, 0.05) is 24.4 Å². The fraction of sp³-hybridized carbons (Fsp3) is 0.849. The molecular formula is C73H112N2O32. The molecule has 0 spiro atoms. The molecule has 1 amide bonds. The number of benzene rings is 1. The number of carbonyl (C=O) groups excluding carboxylic acids is 3. The number of ether oxygens (including phenoxy) is 13. The lowest BCUT2D eigenvalue weighted by Gasteiger charge is -2.72. The molecule has 5 aliphatic carbocycles. The third-order valence-electron chi connectivity index (χ3n) is 26.8. The van der Waals surface area contributed by atoms with E-state index < -0.39 is 273 Å². The van der Waals surface area contributed by atoms with E-state index in [1.165, 1.54) is 32.9 Å². The van der Waals surface area contributed by atoms with E-state index in [0.717, 1.165) is 5.57 Å². The number of hydrogen-bond donors (Lipinski definition) is 18. The van der Waals surface area contributed by atoms with Crippen LogP contribution in [0.5, 0.6) is 0 Å². The van der Waals surface area contributed by atoms with Crippen LogP contribution in [0.1, 0.15) is 131 Å². The molecule has 38 atom stereocenters. The van der Waals surface area contributed by atoms with Gasteiger partial charge < -0.3 is 154 Å². The van der Waals surface area contributed by atoms with Crippen LogP contribution in [0.3, 0.4) is 0 Å². The van der Waals surface area contributed by atoms with Gasteiger partial charge in [0.1, 0.15) is 127 Å². The smallest absolute Gasteiger partial charge is 0.340 e. The van der Waals surface area contributed by atoms with Gasteiger partial charge in [-0.1, -0.05) is 72.2 Å². The highest BCUT2D eigenvalue weighted by Crippen LogP contribution is 2.76. The summed E-state index contributed by atoms with van der Waals surface area (Å²) in [5.41, 5.74) is 1.82. The predicted molar refractivity (Wildman–Crippen MR) is 362 cm³/mol. The summed E-state index contributed by atoms with van der Waals surface area (Å²) in [5.74, 6) is -3.47. The van der Waals surface area contributed by atoms with Gasteiger partial charge in [-0.3, -0.25) is 9.59 Å². The maximum Gasteiger partial charge on any atom is 0.340 e. The highest BCUT2D eigenvalue weighted by molar-refractivity contribution is 5.95. The topological polar surface area (TPSA) is 533 Å². The minimum atomic E-state index is -2.06. The zero-order valence-corrected chi connectivity index (χ0v) is 61.8. The second-order valence-corrected chi connectivity index (χ2v) is 33.8. The Morgan fingerprint density at radius 3 is 1.77 bits per heavy atom. The summed E-state index contributed by atoms with van der Waals surface area (Å²) >= 11 is 0. The Kier molecular flexibility index (Phi) is 24.0. The molecule has 1 aromatic carbocycles. The Bertz CT molecular complexity index is 3340. The number of fused-ring (bicyclic) bond motifs is 7. The number of esters is 2. The molecule has 0 radical (unpaired) electrons. The number of allylic oxidation sites excluding steroid dienone is 2. The summed E-state index contributed by atoms with van der Waals surface area (Å²) in [6, 6.07) is 5.00. The molecule has 0 aromatic heterocycles. The van der Waals surface area contributed by atoms with Crippen LogP contribution < -0.4 is 11.1 Å². The maximum absolute atomic E-state index is 16.2. The first-order valence-corrected chi connectivity index (χ1v) is 37.3. The average molecular weight is 1530 g/mol. The fourth-order valence-electron chi connectivity index (χ4n) is 20.3. The van der Waals surface area contributed by atoms with Gasteiger partial charge in [0.25, 0.3) is 0 Å². The van der Waals surface area contributed by atoms with Gasteiger partial charge in [-0.2, -0.15) is 0 Å². The van der Waals surface area contributed by atoms with E-state index in [0.29, 0.717) is 32.1 Å². The Hall–Kier alpha value is -3.91. The van der Waals surface area contributed by atoms with Crippen LogP contribution in [0.2, 0.25) is 0 Å². The highest BCUT2D eigenvalue weighted by Gasteiger charge is 2.74. The molecule has 12 rings (SSSR count). The molecule has 1 aromatic rings. The Morgan fingerprint density at radius 2 is 1.13 bits per heavy atom. The molecule has 34 nitrogen and oxygen atoms in total. The SMILES string of the molecule is CC(=O)NC1C(OC2CCC3(C)C(CCC4(C)C3CC=C3C5CC(C)(C)C(OC(=O)c6ccccc6N)CC5(C(=O)OC5OC(CO)C(O)C(O)C5OC5OC(C)C(OC6OCC(O)C(O)C6O)C(O)C5O)C(O)CC34C)C2(C)C)OC(COC2OC(C)C(O)C(O)C2OC2OCC(O)C(O)C2O)C(O)C1O. The summed E-state index contributed by atoms with van der Waals surface area (Å²) in [6.45, 7) is 16.4. The van der Waals surface area contributed by atoms with Crippen molar-refractivity contribution in [1.82, 2.24) is 5.32 Å². The van der Waals surface area contributed by atoms with Crippen molar-refractivity contribution in [3.8, 4) is 0 Å². The van der Waals surface area contributed by atoms with E-state index in [1.807, 2.05) is 13.8 Å². The average Bonchev–Trinajstić information content (AvgIpc) is 0.669. The summed E-state index contributed by atoms with van der Waals surface area (Å²) in [4.78, 5) is 43.4. The first-order chi connectivity index (χ1) is 50.2. The molecule has 606 valence electrons. The van der Waals surface area contributed by atoms with Crippen molar-refractivity contribution in [3.05, 3.63) is 41.5 Å². The lowest BCUT2D eigenvalue weighted by atomic mass is 9.33. The van der Waals surface area contributed by atoms with Crippen molar-refractivity contribution in [2.45, 2.75) is 311 Å². The van der Waals surface area contributed by atoms with Gasteiger partial charge in [-0.15, -0.1) is 0 Å². The van der Waals surface area contributed by atoms with Gasteiger partial charge in [0.2, 0.25) is 12.2 Å². The molecule has 38 unspecified atom stereocenters. The summed E-state index contributed by atoms with van der Waals surface area (Å²) < 4.78 is 79.1. The lowest BCUT2D eigenvalue weighted by Crippen LogP contribution is -2.70. The third-order valence-corrected chi connectivity index (χ3v) is 26.8. The van der Waals surface area contributed by atoms with E-state index in [-0.39, 0.29) is 42.3 Å². The first-order valence-electron chi connectivity index (χ1n) is 37.3. The van der Waals surface area contributed by atoms with Crippen molar-refractivity contribution < 1.29 is 158 Å². The number of hydrogen-bond acceptors (Lipinski definition) is 33. The molecular weight excluding hydrogens is 1420 g/mol. The maximum atomic E-state index is 16.2. The summed E-state index contributed by atoms with van der Waals surface area (Å²) in [7, 11) is 0. The monoisotopic (exact) mass is 1530 g/mol. The molecule has 0 bridgehead atoms. The van der Waals surface area contributed by atoms with Crippen LogP contribution in [0.25, 0.3) is 0 Å². The second kappa shape index (κ2) is 31.1. The fourth-order valence-corrected chi connectivity index (χ4v) is 20.3. The quantitative estimate of drug-likeness (QED) is 0.0311. The van der Waals surface area contributed by atoms with Crippen molar-refractivity contribution in [2.24, 2.45) is 50.2 Å². The number of nitrogens with two attached hydrogens (primary N) is 1. The molecule has 19 N–H and O–H groups in total. The number of aliphatic hydroxyl groups excluding tert-OH is 16. The lowest BCUT2D eigenvalue weighted by molar-refractivity contribution is -0.375. The van der Waals surface area contributed by atoms with Crippen molar-refractivity contribution in [3.63, 3.8) is 0 Å². The van der Waals surface area contributed by atoms with Crippen molar-refractivity contribution in [1.29, 1.82) is 0 Å². The Balaban J connectivity index is 0.809. The van der Waals surface area contributed by atoms with Crippen molar-refractivity contribution in [2.75, 3.05) is 32.2 Å². The number of carbonyl (C=O) groups is 3. The first kappa shape index (κ1) is 82.5. The third kappa shape index (κ3) is 14.6. The van der Waals surface area contributed by atoms with Gasteiger partial charge in [0.05, 0.1) is 56.4 Å². The number of amides is 1.